The average Bonchev–Trinajstić information content (AvgIpc) is 2.99. The number of rotatable bonds is 9. The van der Waals surface area contributed by atoms with Gasteiger partial charge in [-0.25, -0.2) is 9.18 Å². The number of amides is 1. The average molecular weight is 554 g/mol. The van der Waals surface area contributed by atoms with E-state index in [-0.39, 0.29) is 30.7 Å². The van der Waals surface area contributed by atoms with Crippen molar-refractivity contribution in [3.05, 3.63) is 89.2 Å². The summed E-state index contributed by atoms with van der Waals surface area (Å²) < 4.78 is 20.3. The molecule has 0 saturated heterocycles. The summed E-state index contributed by atoms with van der Waals surface area (Å²) in [7, 11) is 3.94. The molecule has 1 amide bonds. The highest BCUT2D eigenvalue weighted by Crippen LogP contribution is 2.32. The summed E-state index contributed by atoms with van der Waals surface area (Å²) in [6, 6.07) is 20.3. The van der Waals surface area contributed by atoms with Crippen LogP contribution >= 0.6 is 0 Å². The molecule has 1 aliphatic rings. The van der Waals surface area contributed by atoms with Crippen molar-refractivity contribution in [2.24, 2.45) is 5.92 Å². The van der Waals surface area contributed by atoms with Crippen LogP contribution in [0.1, 0.15) is 55.7 Å². The number of carbonyl (C=O) groups is 2. The molecule has 212 valence electrons. The third-order valence-corrected chi connectivity index (χ3v) is 7.42. The van der Waals surface area contributed by atoms with Crippen molar-refractivity contribution in [1.29, 1.82) is 5.26 Å². The molecule has 0 radical (unpaired) electrons. The van der Waals surface area contributed by atoms with E-state index in [0.29, 0.717) is 11.1 Å². The highest BCUT2D eigenvalue weighted by molar-refractivity contribution is 5.96. The summed E-state index contributed by atoms with van der Waals surface area (Å²) in [6.07, 6.45) is 7.40. The van der Waals surface area contributed by atoms with E-state index in [2.05, 4.69) is 6.07 Å². The van der Waals surface area contributed by atoms with Crippen molar-refractivity contribution in [3.63, 3.8) is 0 Å². The second kappa shape index (κ2) is 13.8. The lowest BCUT2D eigenvalue weighted by Gasteiger charge is -2.30. The molecule has 0 aromatic heterocycles. The molecule has 0 spiro atoms. The lowest BCUT2D eigenvalue weighted by atomic mass is 9.88. The Morgan fingerprint density at radius 1 is 1.02 bits per heavy atom. The second-order valence-corrected chi connectivity index (χ2v) is 10.5. The first-order chi connectivity index (χ1) is 19.8. The van der Waals surface area contributed by atoms with Gasteiger partial charge in [-0.3, -0.25) is 4.79 Å². The zero-order chi connectivity index (χ0) is 29.4. The summed E-state index contributed by atoms with van der Waals surface area (Å²) in [4.78, 5) is 29.2. The molecule has 3 aromatic carbocycles. The lowest BCUT2D eigenvalue weighted by molar-refractivity contribution is -0.137. The van der Waals surface area contributed by atoms with E-state index in [0.717, 1.165) is 54.5 Å². The predicted molar refractivity (Wildman–Crippen MR) is 161 cm³/mol. The smallest absolute Gasteiger partial charge is 0.330 e. The van der Waals surface area contributed by atoms with Gasteiger partial charge in [-0.15, -0.1) is 0 Å². The maximum atomic E-state index is 15.3. The first-order valence-electron chi connectivity index (χ1n) is 14.1. The Labute approximate surface area is 241 Å². The van der Waals surface area contributed by atoms with Crippen LogP contribution in [-0.2, 0) is 20.9 Å². The van der Waals surface area contributed by atoms with Crippen molar-refractivity contribution < 1.29 is 18.7 Å². The Hall–Kier alpha value is -4.44. The SMILES string of the molecule is CCOC(=O)/C=C/c1ccc(F)c(N(Cc2ccc(-c3ccc(N(C)C)cc3)c(C#N)c2)C(=O)C2CCCCC2)c1. The fourth-order valence-electron chi connectivity index (χ4n) is 5.20. The Morgan fingerprint density at radius 3 is 2.41 bits per heavy atom. The van der Waals surface area contributed by atoms with Gasteiger partial charge in [-0.05, 0) is 78.4 Å². The Kier molecular flexibility index (Phi) is 9.91. The maximum Gasteiger partial charge on any atom is 0.330 e. The van der Waals surface area contributed by atoms with Crippen LogP contribution < -0.4 is 9.80 Å². The van der Waals surface area contributed by atoms with Crippen LogP contribution in [0.25, 0.3) is 17.2 Å². The van der Waals surface area contributed by atoms with Gasteiger partial charge in [0.2, 0.25) is 5.91 Å². The Bertz CT molecular complexity index is 1450. The van der Waals surface area contributed by atoms with Gasteiger partial charge in [-0.2, -0.15) is 5.26 Å². The predicted octanol–water partition coefficient (Wildman–Crippen LogP) is 7.12. The molecular weight excluding hydrogens is 517 g/mol. The summed E-state index contributed by atoms with van der Waals surface area (Å²) >= 11 is 0. The normalized spacial score (nSPS) is 13.5. The zero-order valence-electron chi connectivity index (χ0n) is 23.9. The third-order valence-electron chi connectivity index (χ3n) is 7.42. The lowest BCUT2D eigenvalue weighted by Crippen LogP contribution is -2.37. The first-order valence-corrected chi connectivity index (χ1v) is 14.1. The molecule has 0 bridgehead atoms. The largest absolute Gasteiger partial charge is 0.463 e. The van der Waals surface area contributed by atoms with Crippen molar-refractivity contribution >= 4 is 29.3 Å². The standard InChI is InChI=1S/C34H36FN3O3/c1-4-41-33(39)19-12-24-11-18-31(35)32(21-24)38(34(40)27-8-6-5-7-9-27)23-25-10-17-30(28(20-25)22-36)26-13-15-29(16-14-26)37(2)3/h10-21,27H,4-9,23H2,1-3H3/b19-12+. The zero-order valence-corrected chi connectivity index (χ0v) is 23.9. The van der Waals surface area contributed by atoms with Gasteiger partial charge in [0.05, 0.1) is 30.5 Å². The van der Waals surface area contributed by atoms with E-state index in [1.807, 2.05) is 55.4 Å². The van der Waals surface area contributed by atoms with E-state index in [4.69, 9.17) is 4.74 Å². The molecule has 1 saturated carbocycles. The number of hydrogen-bond donors (Lipinski definition) is 0. The van der Waals surface area contributed by atoms with Crippen LogP contribution in [0.15, 0.2) is 66.7 Å². The van der Waals surface area contributed by atoms with Crippen molar-refractivity contribution in [1.82, 2.24) is 0 Å². The summed E-state index contributed by atoms with van der Waals surface area (Å²) in [5.74, 6) is -1.33. The number of nitrogens with zero attached hydrogens (tertiary/aromatic N) is 3. The monoisotopic (exact) mass is 553 g/mol. The van der Waals surface area contributed by atoms with Crippen LogP contribution in [0.2, 0.25) is 0 Å². The minimum atomic E-state index is -0.527. The fraction of sp³-hybridized carbons (Fsp3) is 0.324. The summed E-state index contributed by atoms with van der Waals surface area (Å²) in [5, 5.41) is 9.99. The summed E-state index contributed by atoms with van der Waals surface area (Å²) in [5.41, 5.74) is 4.70. The van der Waals surface area contributed by atoms with Crippen LogP contribution in [0.3, 0.4) is 0 Å². The molecule has 0 atom stereocenters. The van der Waals surface area contributed by atoms with Gasteiger partial charge in [0.1, 0.15) is 5.82 Å². The second-order valence-electron chi connectivity index (χ2n) is 10.5. The number of esters is 1. The van der Waals surface area contributed by atoms with Crippen LogP contribution in [-0.4, -0.2) is 32.6 Å². The Morgan fingerprint density at radius 2 is 1.76 bits per heavy atom. The van der Waals surface area contributed by atoms with E-state index >= 15 is 4.39 Å². The van der Waals surface area contributed by atoms with Crippen molar-refractivity contribution in [3.8, 4) is 17.2 Å². The number of hydrogen-bond acceptors (Lipinski definition) is 5. The van der Waals surface area contributed by atoms with Crippen LogP contribution in [0, 0.1) is 23.1 Å². The van der Waals surface area contributed by atoms with Gasteiger partial charge in [0.15, 0.2) is 0 Å². The molecule has 0 aliphatic heterocycles. The minimum absolute atomic E-state index is 0.117. The number of ether oxygens (including phenoxy) is 1. The molecule has 3 aromatic rings. The van der Waals surface area contributed by atoms with Crippen molar-refractivity contribution in [2.45, 2.75) is 45.6 Å². The molecule has 4 rings (SSSR count). The molecule has 7 heteroatoms. The maximum absolute atomic E-state index is 15.3. The van der Waals surface area contributed by atoms with Crippen LogP contribution in [0.4, 0.5) is 15.8 Å². The molecule has 0 unspecified atom stereocenters. The first kappa shape index (κ1) is 29.5. The van der Waals surface area contributed by atoms with Crippen LogP contribution in [0.5, 0.6) is 0 Å². The topological polar surface area (TPSA) is 73.6 Å². The number of anilines is 2. The molecule has 0 N–H and O–H groups in total. The van der Waals surface area contributed by atoms with Gasteiger partial charge in [0.25, 0.3) is 0 Å². The highest BCUT2D eigenvalue weighted by Gasteiger charge is 2.29. The molecule has 41 heavy (non-hydrogen) atoms. The van der Waals surface area contributed by atoms with Gasteiger partial charge in [0, 0.05) is 31.8 Å². The van der Waals surface area contributed by atoms with E-state index in [1.165, 1.54) is 17.0 Å². The van der Waals surface area contributed by atoms with Gasteiger partial charge >= 0.3 is 5.97 Å². The highest BCUT2D eigenvalue weighted by atomic mass is 19.1. The van der Waals surface area contributed by atoms with E-state index < -0.39 is 11.8 Å². The quantitative estimate of drug-likeness (QED) is 0.208. The molecule has 1 aliphatic carbocycles. The number of carbonyl (C=O) groups excluding carboxylic acids is 2. The molecule has 0 heterocycles. The van der Waals surface area contributed by atoms with Gasteiger partial charge < -0.3 is 14.5 Å². The third kappa shape index (κ3) is 7.40. The molecular formula is C34H36FN3O3. The van der Waals surface area contributed by atoms with Gasteiger partial charge in [-0.1, -0.05) is 49.6 Å². The summed E-state index contributed by atoms with van der Waals surface area (Å²) in [6.45, 7) is 2.10. The molecule has 6 nitrogen and oxygen atoms in total. The fourth-order valence-corrected chi connectivity index (χ4v) is 5.20. The van der Waals surface area contributed by atoms with Crippen molar-refractivity contribution in [2.75, 3.05) is 30.5 Å². The minimum Gasteiger partial charge on any atom is -0.463 e. The number of benzene rings is 3. The van der Waals surface area contributed by atoms with E-state index in [9.17, 15) is 14.9 Å². The number of halogens is 1. The molecule has 1 fully saturated rings. The number of nitriles is 1. The van der Waals surface area contributed by atoms with E-state index in [1.54, 1.807) is 31.2 Å². The Balaban J connectivity index is 1.69.